The van der Waals surface area contributed by atoms with Crippen LogP contribution in [0, 0.1) is 6.92 Å². The first kappa shape index (κ1) is 17.2. The number of aryl methyl sites for hydroxylation is 1. The summed E-state index contributed by atoms with van der Waals surface area (Å²) in [6.45, 7) is 7.38. The molecular weight excluding hydrogens is 294 g/mol. The maximum absolute atomic E-state index is 4.52. The number of rotatable bonds is 5. The van der Waals surface area contributed by atoms with E-state index in [4.69, 9.17) is 0 Å². The highest BCUT2D eigenvalue weighted by atomic mass is 32.1. The van der Waals surface area contributed by atoms with Gasteiger partial charge in [-0.2, -0.15) is 0 Å². The molecule has 6 heteroatoms. The molecule has 0 aromatic carbocycles. The molecule has 22 heavy (non-hydrogen) atoms. The van der Waals surface area contributed by atoms with Crippen molar-refractivity contribution in [3.8, 4) is 0 Å². The Labute approximate surface area is 138 Å². The van der Waals surface area contributed by atoms with Gasteiger partial charge >= 0.3 is 0 Å². The van der Waals surface area contributed by atoms with E-state index in [-0.39, 0.29) is 0 Å². The molecule has 124 valence electrons. The molecule has 0 radical (unpaired) electrons. The Bertz CT molecular complexity index is 463. The maximum Gasteiger partial charge on any atom is 0.193 e. The monoisotopic (exact) mass is 323 g/mol. The molecule has 0 atom stereocenters. The number of hydrogen-bond acceptors (Lipinski definition) is 4. The van der Waals surface area contributed by atoms with Crippen LogP contribution in [0.3, 0.4) is 0 Å². The standard InChI is InChI=1S/C16H29N5S/c1-14-19-15(13-22-14)12-20(3)16(17-2)18-8-11-21-9-6-4-5-7-10-21/h13H,4-12H2,1-3H3,(H,17,18). The zero-order chi connectivity index (χ0) is 15.8. The second-order valence-electron chi connectivity index (χ2n) is 5.94. The zero-order valence-corrected chi connectivity index (χ0v) is 15.0. The third kappa shape index (κ3) is 5.57. The van der Waals surface area contributed by atoms with Gasteiger partial charge in [-0.1, -0.05) is 12.8 Å². The van der Waals surface area contributed by atoms with E-state index in [9.17, 15) is 0 Å². The highest BCUT2D eigenvalue weighted by molar-refractivity contribution is 7.09. The van der Waals surface area contributed by atoms with Crippen molar-refractivity contribution in [1.82, 2.24) is 20.1 Å². The van der Waals surface area contributed by atoms with Crippen LogP contribution < -0.4 is 5.32 Å². The Morgan fingerprint density at radius 2 is 2.09 bits per heavy atom. The number of aromatic nitrogens is 1. The lowest BCUT2D eigenvalue weighted by molar-refractivity contribution is 0.288. The first-order valence-electron chi connectivity index (χ1n) is 8.24. The lowest BCUT2D eigenvalue weighted by atomic mass is 10.2. The van der Waals surface area contributed by atoms with Crippen LogP contribution in [0.4, 0.5) is 0 Å². The lowest BCUT2D eigenvalue weighted by Crippen LogP contribution is -2.42. The molecule has 1 aromatic rings. The van der Waals surface area contributed by atoms with Crippen LogP contribution in [-0.2, 0) is 6.54 Å². The fourth-order valence-corrected chi connectivity index (χ4v) is 3.47. The molecule has 0 bridgehead atoms. The number of hydrogen-bond donors (Lipinski definition) is 1. The van der Waals surface area contributed by atoms with Crippen LogP contribution in [0.15, 0.2) is 10.4 Å². The van der Waals surface area contributed by atoms with E-state index >= 15 is 0 Å². The number of aliphatic imine (C=N–C) groups is 1. The number of guanidine groups is 1. The topological polar surface area (TPSA) is 43.8 Å². The quantitative estimate of drug-likeness (QED) is 0.667. The Morgan fingerprint density at radius 3 is 2.68 bits per heavy atom. The molecule has 1 N–H and O–H groups in total. The van der Waals surface area contributed by atoms with Crippen molar-refractivity contribution < 1.29 is 0 Å². The van der Waals surface area contributed by atoms with Gasteiger partial charge < -0.3 is 15.1 Å². The largest absolute Gasteiger partial charge is 0.355 e. The average Bonchev–Trinajstić information content (AvgIpc) is 2.76. The van der Waals surface area contributed by atoms with Crippen LogP contribution in [-0.4, -0.2) is 61.0 Å². The lowest BCUT2D eigenvalue weighted by Gasteiger charge is -2.24. The normalized spacial score (nSPS) is 17.3. The Kier molecular flexibility index (Phi) is 7.12. The van der Waals surface area contributed by atoms with E-state index in [0.717, 1.165) is 36.3 Å². The van der Waals surface area contributed by atoms with Crippen LogP contribution in [0.25, 0.3) is 0 Å². The van der Waals surface area contributed by atoms with Crippen LogP contribution in [0.2, 0.25) is 0 Å². The van der Waals surface area contributed by atoms with Gasteiger partial charge in [0.05, 0.1) is 17.2 Å². The molecule has 2 heterocycles. The molecule has 0 unspecified atom stereocenters. The first-order valence-corrected chi connectivity index (χ1v) is 9.12. The predicted octanol–water partition coefficient (Wildman–Crippen LogP) is 2.33. The van der Waals surface area contributed by atoms with Gasteiger partial charge in [-0.05, 0) is 32.9 Å². The van der Waals surface area contributed by atoms with E-state index in [2.05, 4.69) is 37.5 Å². The molecular formula is C16H29N5S. The van der Waals surface area contributed by atoms with Gasteiger partial charge in [-0.15, -0.1) is 11.3 Å². The summed E-state index contributed by atoms with van der Waals surface area (Å²) >= 11 is 1.70. The van der Waals surface area contributed by atoms with E-state index in [1.54, 1.807) is 11.3 Å². The molecule has 1 aliphatic rings. The summed E-state index contributed by atoms with van der Waals surface area (Å²) in [4.78, 5) is 13.6. The Balaban J connectivity index is 1.74. The minimum atomic E-state index is 0.799. The van der Waals surface area contributed by atoms with Crippen LogP contribution >= 0.6 is 11.3 Å². The van der Waals surface area contributed by atoms with Crippen LogP contribution in [0.5, 0.6) is 0 Å². The summed E-state index contributed by atoms with van der Waals surface area (Å²) in [5.74, 6) is 0.945. The third-order valence-electron chi connectivity index (χ3n) is 4.05. The summed E-state index contributed by atoms with van der Waals surface area (Å²) < 4.78 is 0. The van der Waals surface area contributed by atoms with Crippen molar-refractivity contribution in [3.05, 3.63) is 16.1 Å². The van der Waals surface area contributed by atoms with Crippen molar-refractivity contribution in [2.24, 2.45) is 4.99 Å². The van der Waals surface area contributed by atoms with Gasteiger partial charge in [0.2, 0.25) is 0 Å². The van der Waals surface area contributed by atoms with Gasteiger partial charge in [-0.3, -0.25) is 4.99 Å². The zero-order valence-electron chi connectivity index (χ0n) is 14.1. The first-order chi connectivity index (χ1) is 10.7. The molecule has 1 aliphatic heterocycles. The van der Waals surface area contributed by atoms with Crippen molar-refractivity contribution >= 4 is 17.3 Å². The molecule has 0 saturated carbocycles. The minimum Gasteiger partial charge on any atom is -0.355 e. The second kappa shape index (κ2) is 9.10. The highest BCUT2D eigenvalue weighted by Gasteiger charge is 2.11. The SMILES string of the molecule is CN=C(NCCN1CCCCCC1)N(C)Cc1csc(C)n1. The number of likely N-dealkylation sites (tertiary alicyclic amines) is 1. The number of thiazole rings is 1. The fraction of sp³-hybridized carbons (Fsp3) is 0.750. The molecule has 0 spiro atoms. The van der Waals surface area contributed by atoms with E-state index < -0.39 is 0 Å². The van der Waals surface area contributed by atoms with Gasteiger partial charge in [-0.25, -0.2) is 4.98 Å². The van der Waals surface area contributed by atoms with Gasteiger partial charge in [0.15, 0.2) is 5.96 Å². The summed E-state index contributed by atoms with van der Waals surface area (Å²) in [6, 6.07) is 0. The predicted molar refractivity (Wildman–Crippen MR) is 94.6 cm³/mol. The smallest absolute Gasteiger partial charge is 0.193 e. The molecule has 1 saturated heterocycles. The number of nitrogens with one attached hydrogen (secondary N) is 1. The van der Waals surface area contributed by atoms with E-state index in [1.165, 1.54) is 38.8 Å². The van der Waals surface area contributed by atoms with Gasteiger partial charge in [0.25, 0.3) is 0 Å². The highest BCUT2D eigenvalue weighted by Crippen LogP contribution is 2.10. The molecule has 2 rings (SSSR count). The van der Waals surface area contributed by atoms with E-state index in [0.29, 0.717) is 0 Å². The van der Waals surface area contributed by atoms with Crippen molar-refractivity contribution in [1.29, 1.82) is 0 Å². The van der Waals surface area contributed by atoms with Gasteiger partial charge in [0.1, 0.15) is 0 Å². The molecule has 1 aromatic heterocycles. The van der Waals surface area contributed by atoms with Crippen LogP contribution in [0.1, 0.15) is 36.4 Å². The third-order valence-corrected chi connectivity index (χ3v) is 4.87. The summed E-state index contributed by atoms with van der Waals surface area (Å²) in [6.07, 6.45) is 5.47. The van der Waals surface area contributed by atoms with Gasteiger partial charge in [0, 0.05) is 32.6 Å². The molecule has 0 aliphatic carbocycles. The summed E-state index contributed by atoms with van der Waals surface area (Å²) in [7, 11) is 3.91. The summed E-state index contributed by atoms with van der Waals surface area (Å²) in [5.41, 5.74) is 1.11. The Hall–Kier alpha value is -1.14. The molecule has 1 fully saturated rings. The second-order valence-corrected chi connectivity index (χ2v) is 7.01. The van der Waals surface area contributed by atoms with Crippen molar-refractivity contribution in [3.63, 3.8) is 0 Å². The molecule has 5 nitrogen and oxygen atoms in total. The average molecular weight is 324 g/mol. The molecule has 0 amide bonds. The van der Waals surface area contributed by atoms with Crippen molar-refractivity contribution in [2.45, 2.75) is 39.2 Å². The Morgan fingerprint density at radius 1 is 1.36 bits per heavy atom. The minimum absolute atomic E-state index is 0.799. The van der Waals surface area contributed by atoms with Crippen molar-refractivity contribution in [2.75, 3.05) is 40.3 Å². The summed E-state index contributed by atoms with van der Waals surface area (Å²) in [5, 5.41) is 6.71. The maximum atomic E-state index is 4.52. The van der Waals surface area contributed by atoms with E-state index in [1.807, 2.05) is 14.0 Å². The number of nitrogens with zero attached hydrogens (tertiary/aromatic N) is 4. The fourth-order valence-electron chi connectivity index (χ4n) is 2.87.